The second kappa shape index (κ2) is 4.75. The molecule has 0 bridgehead atoms. The number of rotatable bonds is 5. The van der Waals surface area contributed by atoms with E-state index in [4.69, 9.17) is 4.74 Å². The van der Waals surface area contributed by atoms with Gasteiger partial charge in [-0.2, -0.15) is 0 Å². The van der Waals surface area contributed by atoms with Gasteiger partial charge >= 0.3 is 0 Å². The molecule has 0 amide bonds. The minimum atomic E-state index is 0.101. The fourth-order valence-electron chi connectivity index (χ4n) is 2.75. The molecule has 1 heterocycles. The van der Waals surface area contributed by atoms with Gasteiger partial charge in [-0.05, 0) is 36.3 Å². The van der Waals surface area contributed by atoms with Crippen LogP contribution >= 0.6 is 0 Å². The molecule has 1 saturated carbocycles. The Labute approximate surface area is 108 Å². The van der Waals surface area contributed by atoms with Crippen molar-refractivity contribution in [1.82, 2.24) is 10.3 Å². The molecule has 0 saturated heterocycles. The molecule has 0 aliphatic heterocycles. The van der Waals surface area contributed by atoms with Crippen LogP contribution < -0.4 is 5.32 Å². The highest BCUT2D eigenvalue weighted by molar-refractivity contribution is 5.82. The summed E-state index contributed by atoms with van der Waals surface area (Å²) in [6.45, 7) is 1.84. The Hall–Kier alpha value is -1.32. The monoisotopic (exact) mass is 244 g/mol. The molecule has 0 unspecified atom stereocenters. The molecule has 1 aromatic heterocycles. The summed E-state index contributed by atoms with van der Waals surface area (Å²) in [6, 6.07) is 8.54. The third-order valence-electron chi connectivity index (χ3n) is 4.13. The van der Waals surface area contributed by atoms with E-state index in [1.54, 1.807) is 0 Å². The lowest BCUT2D eigenvalue weighted by Crippen LogP contribution is -2.47. The van der Waals surface area contributed by atoms with Gasteiger partial charge in [0.1, 0.15) is 0 Å². The van der Waals surface area contributed by atoms with E-state index in [1.807, 2.05) is 13.3 Å². The van der Waals surface area contributed by atoms with Crippen LogP contribution in [0.15, 0.2) is 30.5 Å². The SMILES string of the molecule is COC1(CNCc2cccc3cc[nH]c23)CCC1. The molecule has 3 heteroatoms. The van der Waals surface area contributed by atoms with E-state index in [2.05, 4.69) is 34.6 Å². The maximum absolute atomic E-state index is 5.61. The number of ether oxygens (including phenoxy) is 1. The van der Waals surface area contributed by atoms with E-state index in [-0.39, 0.29) is 5.60 Å². The maximum Gasteiger partial charge on any atom is 0.0802 e. The number of fused-ring (bicyclic) bond motifs is 1. The Kier molecular flexibility index (Phi) is 3.10. The Morgan fingerprint density at radius 2 is 2.22 bits per heavy atom. The molecule has 3 nitrogen and oxygen atoms in total. The second-order valence-electron chi connectivity index (χ2n) is 5.20. The lowest BCUT2D eigenvalue weighted by Gasteiger charge is -2.40. The number of para-hydroxylation sites is 1. The molecule has 3 rings (SSSR count). The number of methoxy groups -OCH3 is 1. The van der Waals surface area contributed by atoms with Crippen molar-refractivity contribution in [1.29, 1.82) is 0 Å². The largest absolute Gasteiger partial charge is 0.377 e. The molecule has 2 N–H and O–H groups in total. The van der Waals surface area contributed by atoms with Crippen molar-refractivity contribution in [2.45, 2.75) is 31.4 Å². The molecule has 0 atom stereocenters. The van der Waals surface area contributed by atoms with Crippen LogP contribution in [0, 0.1) is 0 Å². The average molecular weight is 244 g/mol. The number of H-pyrrole nitrogens is 1. The number of aromatic amines is 1. The van der Waals surface area contributed by atoms with Crippen molar-refractivity contribution in [3.05, 3.63) is 36.0 Å². The molecule has 1 aliphatic carbocycles. The summed E-state index contributed by atoms with van der Waals surface area (Å²) >= 11 is 0. The van der Waals surface area contributed by atoms with E-state index in [0.29, 0.717) is 0 Å². The second-order valence-corrected chi connectivity index (χ2v) is 5.20. The van der Waals surface area contributed by atoms with Crippen LogP contribution in [0.1, 0.15) is 24.8 Å². The lowest BCUT2D eigenvalue weighted by molar-refractivity contribution is -0.0695. The Bertz CT molecular complexity index is 523. The van der Waals surface area contributed by atoms with Crippen LogP contribution in [0.2, 0.25) is 0 Å². The van der Waals surface area contributed by atoms with Crippen LogP contribution in [-0.4, -0.2) is 24.2 Å². The highest BCUT2D eigenvalue weighted by Gasteiger charge is 2.36. The predicted octanol–water partition coefficient (Wildman–Crippen LogP) is 2.83. The molecular weight excluding hydrogens is 224 g/mol. The summed E-state index contributed by atoms with van der Waals surface area (Å²) in [4.78, 5) is 3.31. The van der Waals surface area contributed by atoms with Crippen molar-refractivity contribution < 1.29 is 4.74 Å². The van der Waals surface area contributed by atoms with Gasteiger partial charge in [-0.3, -0.25) is 0 Å². The summed E-state index contributed by atoms with van der Waals surface area (Å²) in [5, 5.41) is 4.81. The quantitative estimate of drug-likeness (QED) is 0.848. The Balaban J connectivity index is 1.64. The predicted molar refractivity (Wildman–Crippen MR) is 73.6 cm³/mol. The fourth-order valence-corrected chi connectivity index (χ4v) is 2.75. The zero-order valence-corrected chi connectivity index (χ0v) is 10.8. The standard InChI is InChI=1S/C15H20N2O/c1-18-15(7-3-8-15)11-16-10-13-5-2-4-12-6-9-17-14(12)13/h2,4-6,9,16-17H,3,7-8,10-11H2,1H3. The van der Waals surface area contributed by atoms with Crippen molar-refractivity contribution in [2.24, 2.45) is 0 Å². The van der Waals surface area contributed by atoms with Crippen LogP contribution in [0.3, 0.4) is 0 Å². The van der Waals surface area contributed by atoms with Crippen LogP contribution in [0.5, 0.6) is 0 Å². The maximum atomic E-state index is 5.61. The highest BCUT2D eigenvalue weighted by Crippen LogP contribution is 2.34. The molecule has 2 aromatic rings. The number of benzene rings is 1. The van der Waals surface area contributed by atoms with E-state index in [0.717, 1.165) is 13.1 Å². The summed E-state index contributed by atoms with van der Waals surface area (Å²) < 4.78 is 5.61. The van der Waals surface area contributed by atoms with E-state index in [9.17, 15) is 0 Å². The van der Waals surface area contributed by atoms with Crippen molar-refractivity contribution in [3.8, 4) is 0 Å². The van der Waals surface area contributed by atoms with E-state index >= 15 is 0 Å². The number of aromatic nitrogens is 1. The van der Waals surface area contributed by atoms with Gasteiger partial charge in [0, 0.05) is 31.9 Å². The van der Waals surface area contributed by atoms with Gasteiger partial charge in [0.2, 0.25) is 0 Å². The minimum Gasteiger partial charge on any atom is -0.377 e. The molecule has 1 fully saturated rings. The summed E-state index contributed by atoms with van der Waals surface area (Å²) in [7, 11) is 1.83. The van der Waals surface area contributed by atoms with Gasteiger partial charge in [0.25, 0.3) is 0 Å². The summed E-state index contributed by atoms with van der Waals surface area (Å²) in [5.41, 5.74) is 2.66. The molecule has 1 aliphatic rings. The van der Waals surface area contributed by atoms with E-state index < -0.39 is 0 Å². The molecule has 0 radical (unpaired) electrons. The van der Waals surface area contributed by atoms with Gasteiger partial charge in [0.05, 0.1) is 5.60 Å². The van der Waals surface area contributed by atoms with Gasteiger partial charge in [-0.25, -0.2) is 0 Å². The van der Waals surface area contributed by atoms with Crippen LogP contribution in [0.4, 0.5) is 0 Å². The first-order valence-electron chi connectivity index (χ1n) is 6.64. The van der Waals surface area contributed by atoms with Gasteiger partial charge < -0.3 is 15.0 Å². The summed E-state index contributed by atoms with van der Waals surface area (Å²) in [6.07, 6.45) is 5.66. The van der Waals surface area contributed by atoms with E-state index in [1.165, 1.54) is 35.7 Å². The van der Waals surface area contributed by atoms with Gasteiger partial charge in [-0.1, -0.05) is 18.2 Å². The summed E-state index contributed by atoms with van der Waals surface area (Å²) in [5.74, 6) is 0. The first-order chi connectivity index (χ1) is 8.83. The van der Waals surface area contributed by atoms with Gasteiger partial charge in [-0.15, -0.1) is 0 Å². The zero-order chi connectivity index (χ0) is 12.4. The minimum absolute atomic E-state index is 0.101. The Morgan fingerprint density at radius 1 is 1.33 bits per heavy atom. The molecule has 18 heavy (non-hydrogen) atoms. The topological polar surface area (TPSA) is 37.0 Å². The highest BCUT2D eigenvalue weighted by atomic mass is 16.5. The lowest BCUT2D eigenvalue weighted by atomic mass is 9.80. The number of nitrogens with one attached hydrogen (secondary N) is 2. The first kappa shape index (κ1) is 11.8. The molecule has 0 spiro atoms. The van der Waals surface area contributed by atoms with Crippen molar-refractivity contribution in [3.63, 3.8) is 0 Å². The van der Waals surface area contributed by atoms with Gasteiger partial charge in [0.15, 0.2) is 0 Å². The molecule has 96 valence electrons. The average Bonchev–Trinajstić information content (AvgIpc) is 2.81. The number of hydrogen-bond donors (Lipinski definition) is 2. The third-order valence-corrected chi connectivity index (χ3v) is 4.13. The fraction of sp³-hybridized carbons (Fsp3) is 0.467. The molecule has 1 aromatic carbocycles. The third kappa shape index (κ3) is 2.04. The van der Waals surface area contributed by atoms with Crippen LogP contribution in [-0.2, 0) is 11.3 Å². The Morgan fingerprint density at radius 3 is 2.94 bits per heavy atom. The molecular formula is C15H20N2O. The zero-order valence-electron chi connectivity index (χ0n) is 10.8. The van der Waals surface area contributed by atoms with Crippen LogP contribution in [0.25, 0.3) is 10.9 Å². The van der Waals surface area contributed by atoms with Crippen molar-refractivity contribution in [2.75, 3.05) is 13.7 Å². The first-order valence-corrected chi connectivity index (χ1v) is 6.64. The smallest absolute Gasteiger partial charge is 0.0802 e. The van der Waals surface area contributed by atoms with Crippen molar-refractivity contribution >= 4 is 10.9 Å². The normalized spacial score (nSPS) is 17.8. The number of hydrogen-bond acceptors (Lipinski definition) is 2.